The molecule has 0 fully saturated rings. The monoisotopic (exact) mass is 218 g/mol. The molecule has 0 atom stereocenters. The lowest BCUT2D eigenvalue weighted by molar-refractivity contribution is 0.290. The molecule has 1 aliphatic rings. The summed E-state index contributed by atoms with van der Waals surface area (Å²) < 4.78 is 5.83. The van der Waals surface area contributed by atoms with Crippen LogP contribution in [0.3, 0.4) is 0 Å². The molecular weight excluding hydrogens is 196 g/mol. The highest BCUT2D eigenvalue weighted by Crippen LogP contribution is 2.42. The molecule has 1 aromatic carbocycles. The predicted octanol–water partition coefficient (Wildman–Crippen LogP) is 3.96. The van der Waals surface area contributed by atoms with E-state index in [2.05, 4.69) is 53.7 Å². The minimum atomic E-state index is 0.163. The van der Waals surface area contributed by atoms with E-state index in [9.17, 15) is 0 Å². The summed E-state index contributed by atoms with van der Waals surface area (Å²) in [7, 11) is 0. The average molecular weight is 218 g/mol. The molecule has 88 valence electrons. The summed E-state index contributed by atoms with van der Waals surface area (Å²) >= 11 is 0. The van der Waals surface area contributed by atoms with Gasteiger partial charge in [0.05, 0.1) is 6.61 Å². The van der Waals surface area contributed by atoms with Crippen LogP contribution in [0.2, 0.25) is 0 Å². The Morgan fingerprint density at radius 3 is 2.38 bits per heavy atom. The van der Waals surface area contributed by atoms with Gasteiger partial charge in [-0.1, -0.05) is 40.7 Å². The lowest BCUT2D eigenvalue weighted by Gasteiger charge is -2.23. The first-order valence-corrected chi connectivity index (χ1v) is 6.00. The Balaban J connectivity index is 2.59. The number of benzene rings is 1. The molecule has 2 rings (SSSR count). The number of fused-ring (bicyclic) bond motifs is 1. The van der Waals surface area contributed by atoms with Gasteiger partial charge in [0, 0.05) is 11.0 Å². The highest BCUT2D eigenvalue weighted by atomic mass is 16.5. The van der Waals surface area contributed by atoms with Crippen LogP contribution in [-0.4, -0.2) is 6.61 Å². The molecule has 0 amide bonds. The van der Waals surface area contributed by atoms with Gasteiger partial charge in [0.1, 0.15) is 5.75 Å². The average Bonchev–Trinajstić information content (AvgIpc) is 2.41. The summed E-state index contributed by atoms with van der Waals surface area (Å²) in [5.41, 5.74) is 4.47. The number of hydrogen-bond acceptors (Lipinski definition) is 1. The van der Waals surface area contributed by atoms with Gasteiger partial charge in [0.25, 0.3) is 0 Å². The Morgan fingerprint density at radius 2 is 1.81 bits per heavy atom. The maximum absolute atomic E-state index is 5.83. The quantitative estimate of drug-likeness (QED) is 0.640. The fourth-order valence-electron chi connectivity index (χ4n) is 2.50. The van der Waals surface area contributed by atoms with Crippen LogP contribution in [0.5, 0.6) is 5.75 Å². The number of hydrogen-bond donors (Lipinski definition) is 0. The van der Waals surface area contributed by atoms with Gasteiger partial charge in [0.15, 0.2) is 0 Å². The van der Waals surface area contributed by atoms with Crippen molar-refractivity contribution < 1.29 is 4.74 Å². The van der Waals surface area contributed by atoms with E-state index in [0.29, 0.717) is 0 Å². The smallest absolute Gasteiger partial charge is 0.123 e. The molecule has 0 bridgehead atoms. The van der Waals surface area contributed by atoms with Crippen molar-refractivity contribution in [3.8, 4) is 5.75 Å². The van der Waals surface area contributed by atoms with Crippen LogP contribution in [0.1, 0.15) is 51.3 Å². The fourth-order valence-corrected chi connectivity index (χ4v) is 2.50. The molecule has 1 heteroatoms. The van der Waals surface area contributed by atoms with Crippen molar-refractivity contribution in [1.29, 1.82) is 0 Å². The van der Waals surface area contributed by atoms with Crippen LogP contribution >= 0.6 is 0 Å². The van der Waals surface area contributed by atoms with E-state index in [1.807, 2.05) is 0 Å². The molecule has 0 unspecified atom stereocenters. The molecule has 1 nitrogen and oxygen atoms in total. The lowest BCUT2D eigenvalue weighted by Crippen LogP contribution is -2.19. The third kappa shape index (κ3) is 1.73. The Labute approximate surface area is 98.8 Å². The highest BCUT2D eigenvalue weighted by Gasteiger charge is 2.34. The van der Waals surface area contributed by atoms with Crippen LogP contribution in [0.4, 0.5) is 0 Å². The van der Waals surface area contributed by atoms with E-state index >= 15 is 0 Å². The highest BCUT2D eigenvalue weighted by molar-refractivity contribution is 5.51. The summed E-state index contributed by atoms with van der Waals surface area (Å²) in [5, 5.41) is 0. The van der Waals surface area contributed by atoms with Crippen molar-refractivity contribution in [2.75, 3.05) is 6.61 Å². The van der Waals surface area contributed by atoms with Gasteiger partial charge in [-0.3, -0.25) is 0 Å². The molecule has 0 N–H and O–H groups in total. The molecule has 1 aliphatic heterocycles. The second-order valence-electron chi connectivity index (χ2n) is 6.59. The summed E-state index contributed by atoms with van der Waals surface area (Å²) in [4.78, 5) is 0. The molecule has 0 spiro atoms. The summed E-state index contributed by atoms with van der Waals surface area (Å²) in [6, 6.07) is 4.53. The summed E-state index contributed by atoms with van der Waals surface area (Å²) in [6.45, 7) is 14.2. The van der Waals surface area contributed by atoms with Crippen LogP contribution in [0.25, 0.3) is 0 Å². The summed E-state index contributed by atoms with van der Waals surface area (Å²) in [5.74, 6) is 1.09. The Kier molecular flexibility index (Phi) is 2.34. The third-order valence-corrected chi connectivity index (χ3v) is 3.43. The SMILES string of the molecule is Cc1cc(C(C)(C)C)cc2c1C(C)(C)CO2. The zero-order valence-electron chi connectivity index (χ0n) is 11.3. The maximum atomic E-state index is 5.83. The molecule has 0 saturated heterocycles. The van der Waals surface area contributed by atoms with Gasteiger partial charge in [-0.15, -0.1) is 0 Å². The molecular formula is C15H22O. The van der Waals surface area contributed by atoms with Crippen LogP contribution in [0, 0.1) is 6.92 Å². The van der Waals surface area contributed by atoms with E-state index in [1.54, 1.807) is 0 Å². The van der Waals surface area contributed by atoms with Gasteiger partial charge in [-0.05, 0) is 29.5 Å². The van der Waals surface area contributed by atoms with Crippen molar-refractivity contribution in [3.63, 3.8) is 0 Å². The van der Waals surface area contributed by atoms with Gasteiger partial charge in [-0.2, -0.15) is 0 Å². The summed E-state index contributed by atoms with van der Waals surface area (Å²) in [6.07, 6.45) is 0. The first kappa shape index (κ1) is 11.5. The van der Waals surface area contributed by atoms with Crippen molar-refractivity contribution in [2.24, 2.45) is 0 Å². The van der Waals surface area contributed by atoms with Crippen LogP contribution < -0.4 is 4.74 Å². The largest absolute Gasteiger partial charge is 0.492 e. The second-order valence-corrected chi connectivity index (χ2v) is 6.59. The fraction of sp³-hybridized carbons (Fsp3) is 0.600. The van der Waals surface area contributed by atoms with Crippen molar-refractivity contribution in [1.82, 2.24) is 0 Å². The van der Waals surface area contributed by atoms with Gasteiger partial charge in [0.2, 0.25) is 0 Å². The molecule has 0 aliphatic carbocycles. The van der Waals surface area contributed by atoms with Gasteiger partial charge in [-0.25, -0.2) is 0 Å². The van der Waals surface area contributed by atoms with E-state index in [-0.39, 0.29) is 10.8 Å². The van der Waals surface area contributed by atoms with E-state index in [0.717, 1.165) is 12.4 Å². The number of rotatable bonds is 0. The lowest BCUT2D eigenvalue weighted by atomic mass is 9.80. The van der Waals surface area contributed by atoms with Crippen LogP contribution in [0.15, 0.2) is 12.1 Å². The van der Waals surface area contributed by atoms with Crippen LogP contribution in [-0.2, 0) is 10.8 Å². The molecule has 0 saturated carbocycles. The zero-order chi connectivity index (χ0) is 12.1. The molecule has 0 aromatic heterocycles. The molecule has 0 radical (unpaired) electrons. The maximum Gasteiger partial charge on any atom is 0.123 e. The zero-order valence-corrected chi connectivity index (χ0v) is 11.3. The third-order valence-electron chi connectivity index (χ3n) is 3.43. The Bertz CT molecular complexity index is 422. The van der Waals surface area contributed by atoms with E-state index < -0.39 is 0 Å². The molecule has 1 heterocycles. The number of ether oxygens (including phenoxy) is 1. The standard InChI is InChI=1S/C15H22O/c1-10-7-11(14(2,3)4)8-12-13(10)15(5,6)9-16-12/h7-8H,9H2,1-6H3. The molecule has 1 aromatic rings. The van der Waals surface area contributed by atoms with Crippen molar-refractivity contribution >= 4 is 0 Å². The topological polar surface area (TPSA) is 9.23 Å². The van der Waals surface area contributed by atoms with E-state index in [1.165, 1.54) is 16.7 Å². The van der Waals surface area contributed by atoms with E-state index in [4.69, 9.17) is 4.74 Å². The van der Waals surface area contributed by atoms with Crippen molar-refractivity contribution in [2.45, 2.75) is 52.4 Å². The van der Waals surface area contributed by atoms with Gasteiger partial charge < -0.3 is 4.74 Å². The Morgan fingerprint density at radius 1 is 1.19 bits per heavy atom. The van der Waals surface area contributed by atoms with Crippen molar-refractivity contribution in [3.05, 3.63) is 28.8 Å². The first-order chi connectivity index (χ1) is 7.22. The minimum Gasteiger partial charge on any atom is -0.492 e. The first-order valence-electron chi connectivity index (χ1n) is 6.00. The Hall–Kier alpha value is -0.980. The molecule has 16 heavy (non-hydrogen) atoms. The normalized spacial score (nSPS) is 18.1. The second kappa shape index (κ2) is 3.26. The minimum absolute atomic E-state index is 0.163. The number of aryl methyl sites for hydroxylation is 1. The predicted molar refractivity (Wildman–Crippen MR) is 68.4 cm³/mol. The van der Waals surface area contributed by atoms with Gasteiger partial charge >= 0.3 is 0 Å².